The highest BCUT2D eigenvalue weighted by Gasteiger charge is 2.26. The summed E-state index contributed by atoms with van der Waals surface area (Å²) in [7, 11) is 0. The lowest BCUT2D eigenvalue weighted by molar-refractivity contribution is -0.146. The largest absolute Gasteiger partial charge is 0.491 e. The van der Waals surface area contributed by atoms with Crippen molar-refractivity contribution in [3.8, 4) is 11.5 Å². The lowest BCUT2D eigenvalue weighted by Crippen LogP contribution is -2.26. The first-order valence-electron chi connectivity index (χ1n) is 11.3. The number of hydrogen-bond acceptors (Lipinski definition) is 6. The molecule has 0 amide bonds. The fraction of sp³-hybridized carbons (Fsp3) is 0.500. The molecule has 2 rings (SSSR count). The van der Waals surface area contributed by atoms with E-state index in [1.807, 2.05) is 38.1 Å². The fourth-order valence-corrected chi connectivity index (χ4v) is 4.01. The molecule has 2 aromatic rings. The molecule has 0 aromatic heterocycles. The lowest BCUT2D eigenvalue weighted by Gasteiger charge is -2.27. The van der Waals surface area contributed by atoms with Gasteiger partial charge in [0, 0.05) is 12.3 Å². The van der Waals surface area contributed by atoms with E-state index in [0.717, 1.165) is 11.1 Å². The first kappa shape index (κ1) is 29.5. The number of rotatable bonds is 13. The maximum atomic E-state index is 11.2. The molecule has 2 atom stereocenters. The van der Waals surface area contributed by atoms with E-state index >= 15 is 0 Å². The van der Waals surface area contributed by atoms with Gasteiger partial charge in [-0.25, -0.2) is 0 Å². The summed E-state index contributed by atoms with van der Waals surface area (Å²) in [5.74, 6) is 0.597. The van der Waals surface area contributed by atoms with Crippen molar-refractivity contribution in [3.05, 3.63) is 57.6 Å². The number of aliphatic hydroxyl groups is 1. The topological polar surface area (TPSA) is 74.2 Å². The third kappa shape index (κ3) is 9.03. The Labute approximate surface area is 222 Å². The number of benzene rings is 2. The second-order valence-corrected chi connectivity index (χ2v) is 10.1. The number of aliphatic hydroxyl groups excluding tert-OH is 1. The van der Waals surface area contributed by atoms with Crippen molar-refractivity contribution < 1.29 is 28.8 Å². The molecule has 0 radical (unpaired) electrons. The van der Waals surface area contributed by atoms with Crippen LogP contribution in [-0.2, 0) is 19.7 Å². The monoisotopic (exact) mass is 546 g/mol. The third-order valence-electron chi connectivity index (χ3n) is 5.28. The van der Waals surface area contributed by atoms with Crippen LogP contribution in [0.1, 0.15) is 45.7 Å². The Hall–Kier alpha value is -1.70. The summed E-state index contributed by atoms with van der Waals surface area (Å²) in [5, 5.41) is 10.7. The number of carbonyl (C=O) groups is 1. The van der Waals surface area contributed by atoms with Crippen LogP contribution in [0.2, 0.25) is 10.0 Å². The van der Waals surface area contributed by atoms with Gasteiger partial charge in [-0.15, -0.1) is 11.6 Å². The van der Waals surface area contributed by atoms with Crippen LogP contribution in [0.5, 0.6) is 11.5 Å². The summed E-state index contributed by atoms with van der Waals surface area (Å²) < 4.78 is 21.9. The molecule has 1 N–H and O–H groups in total. The van der Waals surface area contributed by atoms with Crippen molar-refractivity contribution in [2.75, 3.05) is 25.7 Å². The number of ether oxygens (including phenoxy) is 4. The van der Waals surface area contributed by atoms with Gasteiger partial charge < -0.3 is 24.1 Å². The molecule has 0 aliphatic rings. The molecule has 194 valence electrons. The fourth-order valence-electron chi connectivity index (χ4n) is 3.26. The van der Waals surface area contributed by atoms with E-state index in [1.165, 1.54) is 6.92 Å². The van der Waals surface area contributed by atoms with Crippen molar-refractivity contribution in [2.45, 2.75) is 58.3 Å². The molecule has 0 aliphatic heterocycles. The van der Waals surface area contributed by atoms with E-state index in [0.29, 0.717) is 21.5 Å². The van der Waals surface area contributed by atoms with Crippen LogP contribution in [0.3, 0.4) is 0 Å². The molecule has 0 fully saturated rings. The molecule has 0 bridgehead atoms. The van der Waals surface area contributed by atoms with E-state index in [4.69, 9.17) is 53.8 Å². The molecule has 9 heteroatoms. The zero-order valence-corrected chi connectivity index (χ0v) is 22.9. The van der Waals surface area contributed by atoms with E-state index in [1.54, 1.807) is 12.1 Å². The highest BCUT2D eigenvalue weighted by Crippen LogP contribution is 2.40. The number of hydrogen-bond donors (Lipinski definition) is 1. The predicted molar refractivity (Wildman–Crippen MR) is 139 cm³/mol. The van der Waals surface area contributed by atoms with Crippen LogP contribution in [0, 0.1) is 0 Å². The molecular weight excluding hydrogens is 515 g/mol. The van der Waals surface area contributed by atoms with Crippen molar-refractivity contribution in [2.24, 2.45) is 0 Å². The van der Waals surface area contributed by atoms with Gasteiger partial charge in [-0.2, -0.15) is 0 Å². The van der Waals surface area contributed by atoms with E-state index in [2.05, 4.69) is 13.8 Å². The van der Waals surface area contributed by atoms with Crippen LogP contribution in [-0.4, -0.2) is 55.1 Å². The molecule has 0 saturated heterocycles. The Bertz CT molecular complexity index is 939. The summed E-state index contributed by atoms with van der Waals surface area (Å²) in [5.41, 5.74) is 1.49. The number of esters is 1. The molecule has 0 saturated carbocycles. The maximum absolute atomic E-state index is 11.2. The molecule has 0 unspecified atom stereocenters. The normalized spacial score (nSPS) is 13.4. The van der Waals surface area contributed by atoms with Crippen LogP contribution >= 0.6 is 34.8 Å². The Kier molecular flexibility index (Phi) is 11.4. The van der Waals surface area contributed by atoms with E-state index in [-0.39, 0.29) is 31.8 Å². The second kappa shape index (κ2) is 13.6. The average molecular weight is 548 g/mol. The molecule has 35 heavy (non-hydrogen) atoms. The van der Waals surface area contributed by atoms with Gasteiger partial charge in [-0.3, -0.25) is 4.79 Å². The van der Waals surface area contributed by atoms with Crippen LogP contribution in [0.25, 0.3) is 0 Å². The second-order valence-electron chi connectivity index (χ2n) is 8.96. The standard InChI is InChI=1S/C26H33Cl3O6/c1-16(2)32-13-20(31)14-33-21-8-6-18(7-9-21)26(4,5)19-10-23(28)25(24(29)11-19)34-15-22(12-27)35-17(3)30/h6-11,16,20,22,31H,12-15H2,1-5H3/t20-,22+/m0/s1. The zero-order valence-electron chi connectivity index (χ0n) is 20.6. The highest BCUT2D eigenvalue weighted by atomic mass is 35.5. The summed E-state index contributed by atoms with van der Waals surface area (Å²) in [4.78, 5) is 11.2. The van der Waals surface area contributed by atoms with Gasteiger partial charge in [-0.05, 0) is 49.2 Å². The smallest absolute Gasteiger partial charge is 0.303 e. The molecular formula is C26H33Cl3O6. The van der Waals surface area contributed by atoms with Crippen molar-refractivity contribution >= 4 is 40.8 Å². The van der Waals surface area contributed by atoms with E-state index < -0.39 is 23.6 Å². The van der Waals surface area contributed by atoms with Crippen LogP contribution in [0.15, 0.2) is 36.4 Å². The third-order valence-corrected chi connectivity index (χ3v) is 6.18. The Morgan fingerprint density at radius 1 is 0.971 bits per heavy atom. The summed E-state index contributed by atoms with van der Waals surface area (Å²) >= 11 is 18.8. The number of carbonyl (C=O) groups excluding carboxylic acids is 1. The number of halogens is 3. The SMILES string of the molecule is CC(=O)O[C@H](CCl)COc1c(Cl)cc(C(C)(C)c2ccc(OC[C@@H](O)COC(C)C)cc2)cc1Cl. The van der Waals surface area contributed by atoms with E-state index in [9.17, 15) is 9.90 Å². The average Bonchev–Trinajstić information content (AvgIpc) is 2.79. The molecule has 0 aliphatic carbocycles. The van der Waals surface area contributed by atoms with Crippen molar-refractivity contribution in [1.82, 2.24) is 0 Å². The van der Waals surface area contributed by atoms with Crippen molar-refractivity contribution in [3.63, 3.8) is 0 Å². The van der Waals surface area contributed by atoms with Gasteiger partial charge >= 0.3 is 5.97 Å². The van der Waals surface area contributed by atoms with Gasteiger partial charge in [0.1, 0.15) is 31.2 Å². The first-order valence-corrected chi connectivity index (χ1v) is 12.6. The Morgan fingerprint density at radius 3 is 2.09 bits per heavy atom. The van der Waals surface area contributed by atoms with Crippen LogP contribution in [0.4, 0.5) is 0 Å². The summed E-state index contributed by atoms with van der Waals surface area (Å²) in [6.07, 6.45) is -1.26. The zero-order chi connectivity index (χ0) is 26.2. The quantitative estimate of drug-likeness (QED) is 0.244. The Morgan fingerprint density at radius 2 is 1.57 bits per heavy atom. The minimum absolute atomic E-state index is 0.0328. The molecule has 0 heterocycles. The van der Waals surface area contributed by atoms with Crippen LogP contribution < -0.4 is 9.47 Å². The minimum atomic E-state index is -0.702. The minimum Gasteiger partial charge on any atom is -0.491 e. The molecule has 0 spiro atoms. The molecule has 2 aromatic carbocycles. The van der Waals surface area contributed by atoms with Crippen molar-refractivity contribution in [1.29, 1.82) is 0 Å². The van der Waals surface area contributed by atoms with Gasteiger partial charge in [0.25, 0.3) is 0 Å². The predicted octanol–water partition coefficient (Wildman–Crippen LogP) is 6.03. The summed E-state index contributed by atoms with van der Waals surface area (Å²) in [6.45, 7) is 9.65. The van der Waals surface area contributed by atoms with Gasteiger partial charge in [0.2, 0.25) is 0 Å². The number of alkyl halides is 1. The van der Waals surface area contributed by atoms with Gasteiger partial charge in [0.15, 0.2) is 5.75 Å². The van der Waals surface area contributed by atoms with Gasteiger partial charge in [-0.1, -0.05) is 49.2 Å². The van der Waals surface area contributed by atoms with Gasteiger partial charge in [0.05, 0.1) is 28.6 Å². The maximum Gasteiger partial charge on any atom is 0.303 e. The molecule has 6 nitrogen and oxygen atoms in total. The lowest BCUT2D eigenvalue weighted by atomic mass is 9.78. The summed E-state index contributed by atoms with van der Waals surface area (Å²) in [6, 6.07) is 11.2. The first-order chi connectivity index (χ1) is 16.4. The highest BCUT2D eigenvalue weighted by molar-refractivity contribution is 6.37. The Balaban J connectivity index is 2.09.